The number of allylic oxidation sites excluding steroid dienone is 7. The van der Waals surface area contributed by atoms with Crippen LogP contribution in [-0.2, 0) is 5.41 Å². The van der Waals surface area contributed by atoms with Crippen LogP contribution in [0.4, 0.5) is 0 Å². The number of aromatic nitrogens is 4. The fraction of sp³-hybridized carbons (Fsp3) is 0.0569. The van der Waals surface area contributed by atoms with Crippen LogP contribution in [0.25, 0.3) is 200 Å². The molecule has 0 bridgehead atoms. The molecule has 3 aliphatic carbocycles. The van der Waals surface area contributed by atoms with Crippen LogP contribution in [-0.4, -0.2) is 25.2 Å². The fourth-order valence-corrected chi connectivity index (χ4v) is 21.7. The monoisotopic (exact) mass is 1650 g/mol. The molecule has 4 aliphatic rings. The summed E-state index contributed by atoms with van der Waals surface area (Å²) in [5.74, 6) is 2.64. The van der Waals surface area contributed by atoms with Crippen LogP contribution in [0.5, 0.6) is 0 Å². The summed E-state index contributed by atoms with van der Waals surface area (Å²) in [6.07, 6.45) is 18.3. The first-order chi connectivity index (χ1) is 63.2. The van der Waals surface area contributed by atoms with E-state index in [-0.39, 0.29) is 5.41 Å². The number of fused-ring (bicyclic) bond motifs is 10. The van der Waals surface area contributed by atoms with E-state index in [1.807, 2.05) is 11.8 Å². The van der Waals surface area contributed by atoms with Gasteiger partial charge >= 0.3 is 0 Å². The van der Waals surface area contributed by atoms with Crippen molar-refractivity contribution in [2.45, 2.75) is 41.2 Å². The van der Waals surface area contributed by atoms with Gasteiger partial charge in [0.15, 0.2) is 11.6 Å². The zero-order chi connectivity index (χ0) is 85.2. The summed E-state index contributed by atoms with van der Waals surface area (Å²) in [4.78, 5) is 22.9. The molecule has 20 aromatic rings. The first kappa shape index (κ1) is 77.3. The second kappa shape index (κ2) is 32.9. The fourth-order valence-electron chi connectivity index (χ4n) is 20.2. The van der Waals surface area contributed by atoms with Crippen LogP contribution >= 0.6 is 11.8 Å². The third-order valence-corrected chi connectivity index (χ3v) is 28.2. The predicted molar refractivity (Wildman–Crippen MR) is 538 cm³/mol. The summed E-state index contributed by atoms with van der Waals surface area (Å²) in [5, 5.41) is 10.1. The Bertz CT molecular complexity index is 7810. The average Bonchev–Trinajstić information content (AvgIpc) is 1.56. The Balaban J connectivity index is 0.000000147. The van der Waals surface area contributed by atoms with Crippen molar-refractivity contribution in [2.24, 2.45) is 5.92 Å². The summed E-state index contributed by atoms with van der Waals surface area (Å²) in [5.41, 5.74) is 33.4. The van der Waals surface area contributed by atoms with E-state index in [0.29, 0.717) is 34.7 Å². The first-order valence-corrected chi connectivity index (χ1v) is 45.2. The second-order valence-corrected chi connectivity index (χ2v) is 35.7. The van der Waals surface area contributed by atoms with E-state index in [0.717, 1.165) is 78.1 Å². The molecule has 0 saturated heterocycles. The van der Waals surface area contributed by atoms with Gasteiger partial charge in [-0.05, 0) is 184 Å². The van der Waals surface area contributed by atoms with Crippen molar-refractivity contribution in [2.75, 3.05) is 0 Å². The quantitative estimate of drug-likeness (QED) is 0.109. The molecule has 0 fully saturated rings. The van der Waals surface area contributed by atoms with Crippen molar-refractivity contribution in [3.8, 4) is 157 Å². The van der Waals surface area contributed by atoms with Gasteiger partial charge in [-0.15, -0.1) is 11.8 Å². The molecule has 0 amide bonds. The predicted octanol–water partition coefficient (Wildman–Crippen LogP) is 32.7. The van der Waals surface area contributed by atoms with Gasteiger partial charge in [0.25, 0.3) is 0 Å². The van der Waals surface area contributed by atoms with Crippen LogP contribution < -0.4 is 0 Å². The van der Waals surface area contributed by atoms with Gasteiger partial charge in [-0.1, -0.05) is 451 Å². The molecule has 128 heavy (non-hydrogen) atoms. The molecule has 0 saturated carbocycles. The largest absolute Gasteiger partial charge is 0.228 e. The van der Waals surface area contributed by atoms with E-state index in [2.05, 4.69) is 475 Å². The smallest absolute Gasteiger partial charge is 0.161 e. The normalized spacial score (nSPS) is 15.5. The van der Waals surface area contributed by atoms with E-state index in [1.54, 1.807) is 0 Å². The molecule has 1 aliphatic heterocycles. The number of thioether (sulfide) groups is 1. The van der Waals surface area contributed by atoms with Crippen molar-refractivity contribution in [3.05, 3.63) is 478 Å². The highest BCUT2D eigenvalue weighted by Gasteiger charge is 2.46. The third-order valence-electron chi connectivity index (χ3n) is 26.7. The lowest BCUT2D eigenvalue weighted by molar-refractivity contribution is 0.395. The Morgan fingerprint density at radius 1 is 0.219 bits per heavy atom. The minimum absolute atomic E-state index is 0.0196. The zero-order valence-corrected chi connectivity index (χ0v) is 71.7. The van der Waals surface area contributed by atoms with Gasteiger partial charge in [0, 0.05) is 55.4 Å². The van der Waals surface area contributed by atoms with Crippen LogP contribution in [0.2, 0.25) is 0 Å². The Morgan fingerprint density at radius 3 is 0.961 bits per heavy atom. The molecule has 5 heteroatoms. The third kappa shape index (κ3) is 14.3. The van der Waals surface area contributed by atoms with Crippen LogP contribution in [0.3, 0.4) is 0 Å². The Hall–Kier alpha value is -15.5. The van der Waals surface area contributed by atoms with E-state index in [1.165, 1.54) is 132 Å². The van der Waals surface area contributed by atoms with Gasteiger partial charge in [0.05, 0.1) is 22.8 Å². The molecule has 604 valence electrons. The minimum Gasteiger partial charge on any atom is -0.228 e. The maximum Gasteiger partial charge on any atom is 0.161 e. The van der Waals surface area contributed by atoms with Crippen LogP contribution in [0.1, 0.15) is 42.4 Å². The SMILES string of the molecule is C1=CC2Sc3c(-c4ccc(-c5nc(-c6ccc(-c7ccc(-c8ccccc8)cc7)cc6)cc(-c6ccc(-c7cccc8ccccc78)cc6)n5)c5ccccc45)cccc3C2C=C1.CC1(C)c2c(-c3ccc(-c4nc(-c5ccc(-c6ccc(-c7ccccc7)cc6)cc5)cc(-c5ccc(-c6cccc7ccccc67)cc5)n4)c4ccccc34)cccc2C2C=CC=CC21. The standard InChI is InChI=1S/C63H46N2.C60H40N2S/c1-63(2)58-25-11-10-21-54(58)56-24-13-23-55(61(56)63)53-38-39-57(52-20-9-8-19-51(52)53)62-64-59(47-34-30-44(31-35-47)43-28-26-42(27-29-43)41-14-4-3-5-15-41)40-60(65-62)48-36-32-46(33-37-48)50-22-12-17-45-16-6-7-18-49(45)50;1-2-12-39(13-3-1)40-24-26-41(27-25-40)42-28-32-45(33-29-42)56-38-57(46-34-30-44(31-35-46)48-20-10-15-43-14-4-5-16-47(43)48)62-60(61-56)55-37-36-51(49-17-6-7-18-50(49)55)53-21-11-22-54-52-19-8-9-23-58(52)63-59(53)54/h3-40,54,58H,1-2H3;1-38,52,58H. The van der Waals surface area contributed by atoms with Gasteiger partial charge in [0.1, 0.15) is 0 Å². The highest BCUT2D eigenvalue weighted by molar-refractivity contribution is 8.00. The van der Waals surface area contributed by atoms with E-state index >= 15 is 0 Å². The molecule has 18 aromatic carbocycles. The van der Waals surface area contributed by atoms with Gasteiger partial charge in [-0.3, -0.25) is 0 Å². The Kier molecular flexibility index (Phi) is 19.8. The summed E-state index contributed by atoms with van der Waals surface area (Å²) >= 11 is 1.99. The van der Waals surface area contributed by atoms with Crippen molar-refractivity contribution < 1.29 is 0 Å². The summed E-state index contributed by atoms with van der Waals surface area (Å²) in [6, 6.07) is 149. The molecule has 0 radical (unpaired) electrons. The van der Waals surface area contributed by atoms with Gasteiger partial charge in [-0.2, -0.15) is 0 Å². The van der Waals surface area contributed by atoms with E-state index in [4.69, 9.17) is 19.9 Å². The van der Waals surface area contributed by atoms with Crippen molar-refractivity contribution in [3.63, 3.8) is 0 Å². The number of benzene rings is 18. The molecule has 2 aromatic heterocycles. The van der Waals surface area contributed by atoms with Crippen molar-refractivity contribution in [1.82, 2.24) is 19.9 Å². The first-order valence-electron chi connectivity index (χ1n) is 44.4. The Labute approximate surface area is 751 Å². The minimum atomic E-state index is -0.0196. The van der Waals surface area contributed by atoms with Gasteiger partial charge < -0.3 is 0 Å². The number of nitrogens with zero attached hydrogens (tertiary/aromatic N) is 4. The molecule has 4 unspecified atom stereocenters. The van der Waals surface area contributed by atoms with E-state index in [9.17, 15) is 0 Å². The molecular weight excluding hydrogens is 1570 g/mol. The topological polar surface area (TPSA) is 51.6 Å². The average molecular weight is 1650 g/mol. The molecule has 0 N–H and O–H groups in total. The highest BCUT2D eigenvalue weighted by atomic mass is 32.2. The van der Waals surface area contributed by atoms with Crippen molar-refractivity contribution >= 4 is 54.9 Å². The molecule has 3 heterocycles. The maximum atomic E-state index is 5.41. The number of hydrogen-bond donors (Lipinski definition) is 0. The molecule has 4 atom stereocenters. The molecule has 4 nitrogen and oxygen atoms in total. The lowest BCUT2D eigenvalue weighted by atomic mass is 9.73. The zero-order valence-electron chi connectivity index (χ0n) is 70.9. The van der Waals surface area contributed by atoms with Crippen LogP contribution in [0.15, 0.2) is 466 Å². The lowest BCUT2D eigenvalue weighted by Crippen LogP contribution is -2.25. The maximum absolute atomic E-state index is 5.41. The number of hydrogen-bond acceptors (Lipinski definition) is 5. The summed E-state index contributed by atoms with van der Waals surface area (Å²) < 4.78 is 0. The van der Waals surface area contributed by atoms with Gasteiger partial charge in [0.2, 0.25) is 0 Å². The van der Waals surface area contributed by atoms with E-state index < -0.39 is 0 Å². The summed E-state index contributed by atoms with van der Waals surface area (Å²) in [7, 11) is 0. The number of rotatable bonds is 14. The lowest BCUT2D eigenvalue weighted by Gasteiger charge is -2.30. The van der Waals surface area contributed by atoms with Crippen LogP contribution in [0, 0.1) is 5.92 Å². The molecule has 0 spiro atoms. The Morgan fingerprint density at radius 2 is 0.523 bits per heavy atom. The molecule has 24 rings (SSSR count). The molecular formula is C123H86N4S. The van der Waals surface area contributed by atoms with Gasteiger partial charge in [-0.25, -0.2) is 19.9 Å². The summed E-state index contributed by atoms with van der Waals surface area (Å²) in [6.45, 7) is 4.84. The second-order valence-electron chi connectivity index (χ2n) is 34.5. The highest BCUT2D eigenvalue weighted by Crippen LogP contribution is 2.57. The van der Waals surface area contributed by atoms with Crippen molar-refractivity contribution in [1.29, 1.82) is 0 Å².